The van der Waals surface area contributed by atoms with E-state index in [4.69, 9.17) is 9.47 Å². The monoisotopic (exact) mass is 442 g/mol. The summed E-state index contributed by atoms with van der Waals surface area (Å²) >= 11 is 0. The predicted molar refractivity (Wildman–Crippen MR) is 103 cm³/mol. The van der Waals surface area contributed by atoms with E-state index in [0.717, 1.165) is 6.07 Å². The highest BCUT2D eigenvalue weighted by atomic mass is 19.4. The van der Waals surface area contributed by atoms with Gasteiger partial charge in [0.05, 0.1) is 24.3 Å². The number of carbonyl (C=O) groups excluding carboxylic acids is 1. The number of hydrogen-bond donors (Lipinski definition) is 1. The number of aliphatic hydroxyl groups is 1. The molecule has 2 heterocycles. The third-order valence-electron chi connectivity index (χ3n) is 5.11. The highest BCUT2D eigenvalue weighted by molar-refractivity contribution is 5.72. The van der Waals surface area contributed by atoms with Crippen molar-refractivity contribution in [3.8, 4) is 17.1 Å². The summed E-state index contributed by atoms with van der Waals surface area (Å²) < 4.78 is 53.4. The lowest BCUT2D eigenvalue weighted by Crippen LogP contribution is -2.32. The Morgan fingerprint density at radius 1 is 1.35 bits per heavy atom. The van der Waals surface area contributed by atoms with Crippen molar-refractivity contribution in [2.75, 3.05) is 0 Å². The van der Waals surface area contributed by atoms with E-state index in [9.17, 15) is 23.1 Å². The minimum Gasteiger partial charge on any atom is -0.474 e. The molecule has 2 aromatic rings. The number of esters is 1. The molecule has 0 aliphatic heterocycles. The zero-order chi connectivity index (χ0) is 22.8. The maximum Gasteiger partial charge on any atom is 0.421 e. The first-order valence-electron chi connectivity index (χ1n) is 10.0. The number of hydrogen-bond acceptors (Lipinski definition) is 7. The van der Waals surface area contributed by atoms with Gasteiger partial charge in [0.1, 0.15) is 17.4 Å². The molecule has 0 saturated heterocycles. The van der Waals surface area contributed by atoms with E-state index in [1.807, 2.05) is 0 Å². The fourth-order valence-electron chi connectivity index (χ4n) is 3.61. The standard InChI is InChI=1S/C20H25F3N4O4/c1-11(2)30-19(29)12-5-4-6-14(7-12)31-18-15(20(21,22)23)8-13(9-24-18)17-16(10-28)27(3)26-25-17/h8-9,11-12,14,28H,4-7,10H2,1-3H3/t12-,14-/m0/s1. The summed E-state index contributed by atoms with van der Waals surface area (Å²) in [5.74, 6) is -1.32. The summed E-state index contributed by atoms with van der Waals surface area (Å²) in [6.07, 6.45) is -2.31. The molecule has 0 spiro atoms. The van der Waals surface area contributed by atoms with Crippen molar-refractivity contribution >= 4 is 5.97 Å². The Labute approximate surface area is 177 Å². The summed E-state index contributed by atoms with van der Waals surface area (Å²) in [6, 6.07) is 0.888. The molecule has 0 amide bonds. The fourth-order valence-corrected chi connectivity index (χ4v) is 3.61. The molecule has 0 aromatic carbocycles. The number of nitrogens with zero attached hydrogens (tertiary/aromatic N) is 4. The van der Waals surface area contributed by atoms with Gasteiger partial charge in [0.25, 0.3) is 0 Å². The first-order valence-corrected chi connectivity index (χ1v) is 10.0. The van der Waals surface area contributed by atoms with Crippen molar-refractivity contribution in [3.05, 3.63) is 23.5 Å². The van der Waals surface area contributed by atoms with Crippen LogP contribution in [0.25, 0.3) is 11.3 Å². The third-order valence-corrected chi connectivity index (χ3v) is 5.11. The molecule has 31 heavy (non-hydrogen) atoms. The number of pyridine rings is 1. The average molecular weight is 442 g/mol. The van der Waals surface area contributed by atoms with Crippen LogP contribution in [0.5, 0.6) is 5.88 Å². The molecule has 3 rings (SSSR count). The van der Waals surface area contributed by atoms with Gasteiger partial charge in [-0.2, -0.15) is 13.2 Å². The van der Waals surface area contributed by atoms with Crippen molar-refractivity contribution in [2.45, 2.75) is 64.5 Å². The molecule has 11 heteroatoms. The van der Waals surface area contributed by atoms with E-state index in [1.54, 1.807) is 13.8 Å². The van der Waals surface area contributed by atoms with E-state index < -0.39 is 36.2 Å². The van der Waals surface area contributed by atoms with E-state index in [-0.39, 0.29) is 35.4 Å². The van der Waals surface area contributed by atoms with Crippen LogP contribution in [0.2, 0.25) is 0 Å². The zero-order valence-corrected chi connectivity index (χ0v) is 17.5. The molecule has 1 aliphatic rings. The lowest BCUT2D eigenvalue weighted by atomic mass is 9.87. The molecule has 0 radical (unpaired) electrons. The third kappa shape index (κ3) is 5.33. The number of halogens is 3. The van der Waals surface area contributed by atoms with Crippen molar-refractivity contribution in [1.82, 2.24) is 20.0 Å². The summed E-state index contributed by atoms with van der Waals surface area (Å²) in [4.78, 5) is 16.1. The second kappa shape index (κ2) is 9.21. The first kappa shape index (κ1) is 23.0. The van der Waals surface area contributed by atoms with Crippen LogP contribution in [-0.4, -0.2) is 43.3 Å². The second-order valence-electron chi connectivity index (χ2n) is 7.83. The van der Waals surface area contributed by atoms with Gasteiger partial charge < -0.3 is 14.6 Å². The number of alkyl halides is 3. The van der Waals surface area contributed by atoms with Gasteiger partial charge in [-0.05, 0) is 45.6 Å². The minimum absolute atomic E-state index is 0.0684. The van der Waals surface area contributed by atoms with Crippen LogP contribution in [0.1, 0.15) is 50.8 Å². The minimum atomic E-state index is -4.72. The Morgan fingerprint density at radius 3 is 2.74 bits per heavy atom. The van der Waals surface area contributed by atoms with Gasteiger partial charge in [-0.1, -0.05) is 5.21 Å². The molecule has 0 unspecified atom stereocenters. The Balaban J connectivity index is 1.85. The largest absolute Gasteiger partial charge is 0.474 e. The number of carbonyl (C=O) groups is 1. The molecule has 170 valence electrons. The van der Waals surface area contributed by atoms with Crippen molar-refractivity contribution in [2.24, 2.45) is 13.0 Å². The van der Waals surface area contributed by atoms with E-state index in [0.29, 0.717) is 19.3 Å². The lowest BCUT2D eigenvalue weighted by molar-refractivity contribution is -0.155. The Morgan fingerprint density at radius 2 is 2.10 bits per heavy atom. The molecular weight excluding hydrogens is 417 g/mol. The molecule has 8 nitrogen and oxygen atoms in total. The van der Waals surface area contributed by atoms with E-state index in [1.165, 1.54) is 17.9 Å². The maximum absolute atomic E-state index is 13.7. The Hall–Kier alpha value is -2.69. The summed E-state index contributed by atoms with van der Waals surface area (Å²) in [7, 11) is 1.53. The number of aromatic nitrogens is 4. The van der Waals surface area contributed by atoms with Gasteiger partial charge in [0.15, 0.2) is 0 Å². The molecule has 2 atom stereocenters. The van der Waals surface area contributed by atoms with Crippen LogP contribution in [0.3, 0.4) is 0 Å². The van der Waals surface area contributed by atoms with Gasteiger partial charge in [0, 0.05) is 18.8 Å². The van der Waals surface area contributed by atoms with Crippen molar-refractivity contribution < 1.29 is 32.5 Å². The number of aryl methyl sites for hydroxylation is 1. The second-order valence-corrected chi connectivity index (χ2v) is 7.83. The SMILES string of the molecule is CC(C)OC(=O)[C@H]1CCC[C@H](Oc2ncc(-c3nnn(C)c3CO)cc2C(F)(F)F)C1. The van der Waals surface area contributed by atoms with Crippen LogP contribution < -0.4 is 4.74 Å². The van der Waals surface area contributed by atoms with E-state index in [2.05, 4.69) is 15.3 Å². The Bertz CT molecular complexity index is 930. The lowest BCUT2D eigenvalue weighted by Gasteiger charge is -2.29. The zero-order valence-electron chi connectivity index (χ0n) is 17.5. The summed E-state index contributed by atoms with van der Waals surface area (Å²) in [5, 5.41) is 17.0. The molecule has 2 aromatic heterocycles. The quantitative estimate of drug-likeness (QED) is 0.686. The molecule has 1 N–H and O–H groups in total. The number of aliphatic hydroxyl groups excluding tert-OH is 1. The predicted octanol–water partition coefficient (Wildman–Crippen LogP) is 3.28. The van der Waals surface area contributed by atoms with Gasteiger partial charge in [0.2, 0.25) is 5.88 Å². The molecule has 0 bridgehead atoms. The summed E-state index contributed by atoms with van der Waals surface area (Å²) in [5.41, 5.74) is -0.601. The highest BCUT2D eigenvalue weighted by Crippen LogP contribution is 2.39. The van der Waals surface area contributed by atoms with Crippen LogP contribution in [0, 0.1) is 5.92 Å². The van der Waals surface area contributed by atoms with Crippen molar-refractivity contribution in [3.63, 3.8) is 0 Å². The molecule has 1 saturated carbocycles. The number of rotatable bonds is 6. The van der Waals surface area contributed by atoms with Crippen molar-refractivity contribution in [1.29, 1.82) is 0 Å². The molecule has 1 aliphatic carbocycles. The van der Waals surface area contributed by atoms with E-state index >= 15 is 0 Å². The van der Waals surface area contributed by atoms with Gasteiger partial charge in [-0.25, -0.2) is 9.67 Å². The average Bonchev–Trinajstić information content (AvgIpc) is 3.07. The highest BCUT2D eigenvalue weighted by Gasteiger charge is 2.38. The van der Waals surface area contributed by atoms with Gasteiger partial charge in [-0.3, -0.25) is 4.79 Å². The fraction of sp³-hybridized carbons (Fsp3) is 0.600. The van der Waals surface area contributed by atoms with Crippen LogP contribution in [-0.2, 0) is 29.4 Å². The maximum atomic E-state index is 13.7. The smallest absolute Gasteiger partial charge is 0.421 e. The van der Waals surface area contributed by atoms with Gasteiger partial charge in [-0.15, -0.1) is 5.10 Å². The normalized spacial score (nSPS) is 19.5. The number of ether oxygens (including phenoxy) is 2. The van der Waals surface area contributed by atoms with Gasteiger partial charge >= 0.3 is 12.1 Å². The first-order chi connectivity index (χ1) is 14.6. The topological polar surface area (TPSA) is 99.4 Å². The van der Waals surface area contributed by atoms with Crippen LogP contribution >= 0.6 is 0 Å². The molecule has 1 fully saturated rings. The van der Waals surface area contributed by atoms with Crippen LogP contribution in [0.4, 0.5) is 13.2 Å². The summed E-state index contributed by atoms with van der Waals surface area (Å²) in [6.45, 7) is 3.05. The Kier molecular flexibility index (Phi) is 6.83. The molecular formula is C20H25F3N4O4. The van der Waals surface area contributed by atoms with Crippen LogP contribution in [0.15, 0.2) is 12.3 Å².